The van der Waals surface area contributed by atoms with E-state index in [1.807, 2.05) is 0 Å². The maximum atomic E-state index is 2.58. The average molecular weight is 850 g/mol. The van der Waals surface area contributed by atoms with E-state index in [1.165, 1.54) is 121 Å². The van der Waals surface area contributed by atoms with Gasteiger partial charge in [-0.15, -0.1) is 0 Å². The van der Waals surface area contributed by atoms with Crippen LogP contribution in [0.4, 0.5) is 0 Å². The summed E-state index contributed by atoms with van der Waals surface area (Å²) >= 11 is 0. The van der Waals surface area contributed by atoms with Crippen LogP contribution in [0.25, 0.3) is 127 Å². The Kier molecular flexibility index (Phi) is 9.25. The highest BCUT2D eigenvalue weighted by Crippen LogP contribution is 2.50. The summed E-state index contributed by atoms with van der Waals surface area (Å²) in [4.78, 5) is 0. The molecule has 1 nitrogen and oxygen atoms in total. The predicted molar refractivity (Wildman–Crippen MR) is 285 cm³/mol. The SMILES string of the molecule is c1ccc(-c2cc(-c3ccccc3)cc(-c3ccc4ccc5c6c(ccc3c46)cc3c(-c4ccccc4)c(-c4ccccc4)n(-c4cc(-c6ccccc6)cc(-c6ccccc6)c4)c35)c2)cc1. The van der Waals surface area contributed by atoms with E-state index in [0.29, 0.717) is 0 Å². The van der Waals surface area contributed by atoms with Gasteiger partial charge >= 0.3 is 0 Å². The fourth-order valence-corrected chi connectivity index (χ4v) is 10.6. The van der Waals surface area contributed by atoms with Crippen LogP contribution in [0.3, 0.4) is 0 Å². The maximum absolute atomic E-state index is 2.58. The molecule has 0 bridgehead atoms. The van der Waals surface area contributed by atoms with Gasteiger partial charge in [0.15, 0.2) is 0 Å². The van der Waals surface area contributed by atoms with Crippen molar-refractivity contribution in [2.75, 3.05) is 0 Å². The summed E-state index contributed by atoms with van der Waals surface area (Å²) in [6.45, 7) is 0. The summed E-state index contributed by atoms with van der Waals surface area (Å²) in [6, 6.07) is 95.9. The molecule has 0 saturated carbocycles. The molecule has 0 spiro atoms. The number of benzene rings is 12. The van der Waals surface area contributed by atoms with E-state index in [0.717, 1.165) is 5.69 Å². The second-order valence-corrected chi connectivity index (χ2v) is 17.6. The normalized spacial score (nSPS) is 11.6. The summed E-state index contributed by atoms with van der Waals surface area (Å²) in [5.41, 5.74) is 19.1. The van der Waals surface area contributed by atoms with Crippen LogP contribution in [0.1, 0.15) is 0 Å². The molecule has 0 aliphatic carbocycles. The van der Waals surface area contributed by atoms with Crippen molar-refractivity contribution in [3.63, 3.8) is 0 Å². The predicted octanol–water partition coefficient (Wildman–Crippen LogP) is 18.2. The minimum absolute atomic E-state index is 1.12. The van der Waals surface area contributed by atoms with Gasteiger partial charge in [0.2, 0.25) is 0 Å². The number of hydrogen-bond donors (Lipinski definition) is 0. The van der Waals surface area contributed by atoms with Crippen LogP contribution >= 0.6 is 0 Å². The van der Waals surface area contributed by atoms with Crippen LogP contribution in [0.15, 0.2) is 261 Å². The Morgan fingerprint density at radius 3 is 1.13 bits per heavy atom. The molecule has 13 aromatic rings. The summed E-state index contributed by atoms with van der Waals surface area (Å²) < 4.78 is 2.58. The van der Waals surface area contributed by atoms with Crippen molar-refractivity contribution in [2.45, 2.75) is 0 Å². The second-order valence-electron chi connectivity index (χ2n) is 17.6. The van der Waals surface area contributed by atoms with Gasteiger partial charge in [0.05, 0.1) is 11.2 Å². The minimum atomic E-state index is 1.12. The summed E-state index contributed by atoms with van der Waals surface area (Å²) in [7, 11) is 0. The van der Waals surface area contributed by atoms with E-state index in [2.05, 4.69) is 265 Å². The van der Waals surface area contributed by atoms with Crippen molar-refractivity contribution in [2.24, 2.45) is 0 Å². The van der Waals surface area contributed by atoms with Crippen molar-refractivity contribution in [3.05, 3.63) is 261 Å². The largest absolute Gasteiger partial charge is 0.308 e. The van der Waals surface area contributed by atoms with Gasteiger partial charge in [-0.3, -0.25) is 0 Å². The van der Waals surface area contributed by atoms with Crippen LogP contribution in [-0.4, -0.2) is 4.57 Å². The van der Waals surface area contributed by atoms with Crippen molar-refractivity contribution >= 4 is 43.2 Å². The molecule has 0 aliphatic rings. The van der Waals surface area contributed by atoms with Gasteiger partial charge in [-0.1, -0.05) is 218 Å². The van der Waals surface area contributed by atoms with Gasteiger partial charge in [-0.25, -0.2) is 0 Å². The zero-order valence-electron chi connectivity index (χ0n) is 36.8. The topological polar surface area (TPSA) is 4.93 Å². The molecular weight excluding hydrogens is 807 g/mol. The zero-order valence-corrected chi connectivity index (χ0v) is 36.8. The first kappa shape index (κ1) is 38.7. The van der Waals surface area contributed by atoms with E-state index < -0.39 is 0 Å². The lowest BCUT2D eigenvalue weighted by Gasteiger charge is -2.19. The van der Waals surface area contributed by atoms with Gasteiger partial charge in [0.1, 0.15) is 0 Å². The van der Waals surface area contributed by atoms with Crippen LogP contribution in [0.2, 0.25) is 0 Å². The van der Waals surface area contributed by atoms with Crippen molar-refractivity contribution in [1.29, 1.82) is 0 Å². The lowest BCUT2D eigenvalue weighted by Crippen LogP contribution is -2.00. The summed E-state index contributed by atoms with van der Waals surface area (Å²) in [5.74, 6) is 0. The molecule has 1 aromatic heterocycles. The molecule has 0 radical (unpaired) electrons. The van der Waals surface area contributed by atoms with Gasteiger partial charge in [0.25, 0.3) is 0 Å². The maximum Gasteiger partial charge on any atom is 0.0620 e. The Balaban J connectivity index is 1.15. The van der Waals surface area contributed by atoms with Crippen molar-refractivity contribution < 1.29 is 0 Å². The third-order valence-corrected chi connectivity index (χ3v) is 13.7. The summed E-state index contributed by atoms with van der Waals surface area (Å²) in [5, 5.41) is 8.76. The molecular formula is C66H43N. The number of aromatic nitrogens is 1. The second kappa shape index (κ2) is 16.0. The van der Waals surface area contributed by atoms with Gasteiger partial charge < -0.3 is 4.57 Å². The number of nitrogens with zero attached hydrogens (tertiary/aromatic N) is 1. The lowest BCUT2D eigenvalue weighted by atomic mass is 9.87. The van der Waals surface area contributed by atoms with E-state index in [9.17, 15) is 0 Å². The Labute approximate surface area is 390 Å². The molecule has 312 valence electrons. The number of rotatable bonds is 8. The van der Waals surface area contributed by atoms with E-state index in [1.54, 1.807) is 0 Å². The molecule has 0 fully saturated rings. The standard InChI is InChI=1S/C66H43N/c1-7-19-44(20-8-1)52-37-53(45-21-9-2-10-22-45)40-56(39-52)58-34-31-49-32-36-60-63-51(33-35-59(58)62(49)63)43-61-64(48-27-15-5-16-28-48)65(50-29-17-6-18-30-50)67(66(60)61)57-41-54(46-23-11-3-12-24-46)38-55(42-57)47-25-13-4-14-26-47/h1-43H. The molecule has 0 N–H and O–H groups in total. The van der Waals surface area contributed by atoms with Crippen molar-refractivity contribution in [3.8, 4) is 83.7 Å². The fraction of sp³-hybridized carbons (Fsp3) is 0. The highest BCUT2D eigenvalue weighted by atomic mass is 15.0. The quantitative estimate of drug-likeness (QED) is 0.134. The molecule has 0 saturated heterocycles. The molecule has 0 unspecified atom stereocenters. The summed E-state index contributed by atoms with van der Waals surface area (Å²) in [6.07, 6.45) is 0. The molecule has 0 atom stereocenters. The first-order valence-electron chi connectivity index (χ1n) is 23.2. The van der Waals surface area contributed by atoms with E-state index in [4.69, 9.17) is 0 Å². The molecule has 67 heavy (non-hydrogen) atoms. The third kappa shape index (κ3) is 6.63. The van der Waals surface area contributed by atoms with Crippen LogP contribution in [-0.2, 0) is 0 Å². The molecule has 1 heteroatoms. The lowest BCUT2D eigenvalue weighted by molar-refractivity contribution is 1.14. The molecule has 0 aliphatic heterocycles. The molecule has 0 amide bonds. The first-order chi connectivity index (χ1) is 33.2. The average Bonchev–Trinajstić information content (AvgIpc) is 3.76. The van der Waals surface area contributed by atoms with Crippen LogP contribution < -0.4 is 0 Å². The molecule has 1 heterocycles. The Morgan fingerprint density at radius 2 is 0.627 bits per heavy atom. The van der Waals surface area contributed by atoms with Gasteiger partial charge in [-0.05, 0) is 136 Å². The Morgan fingerprint density at radius 1 is 0.239 bits per heavy atom. The fourth-order valence-electron chi connectivity index (χ4n) is 10.6. The van der Waals surface area contributed by atoms with Crippen LogP contribution in [0.5, 0.6) is 0 Å². The Hall–Kier alpha value is -8.78. The van der Waals surface area contributed by atoms with Gasteiger partial charge in [0, 0.05) is 22.0 Å². The van der Waals surface area contributed by atoms with Gasteiger partial charge in [-0.2, -0.15) is 0 Å². The molecule has 12 aromatic carbocycles. The van der Waals surface area contributed by atoms with E-state index >= 15 is 0 Å². The highest BCUT2D eigenvalue weighted by molar-refractivity contribution is 6.32. The smallest absolute Gasteiger partial charge is 0.0620 e. The van der Waals surface area contributed by atoms with E-state index in [-0.39, 0.29) is 0 Å². The van der Waals surface area contributed by atoms with Crippen molar-refractivity contribution in [1.82, 2.24) is 4.57 Å². The third-order valence-electron chi connectivity index (χ3n) is 13.7. The zero-order chi connectivity index (χ0) is 44.3. The monoisotopic (exact) mass is 849 g/mol. The molecule has 13 rings (SSSR count). The van der Waals surface area contributed by atoms with Crippen LogP contribution in [0, 0.1) is 0 Å². The highest BCUT2D eigenvalue weighted by Gasteiger charge is 2.26. The minimum Gasteiger partial charge on any atom is -0.308 e. The Bertz CT molecular complexity index is 3800. The number of hydrogen-bond acceptors (Lipinski definition) is 0. The first-order valence-corrected chi connectivity index (χ1v) is 23.2. The number of fused-ring (bicyclic) bond motifs is 2.